The number of carboxylic acids is 1. The zero-order valence-corrected chi connectivity index (χ0v) is 24.6. The highest BCUT2D eigenvalue weighted by molar-refractivity contribution is 5.75. The molecule has 0 aromatic heterocycles. The van der Waals surface area contributed by atoms with E-state index in [2.05, 4.69) is 27.7 Å². The molecule has 4 atom stereocenters. The molecule has 0 radical (unpaired) electrons. The number of hydrogen-bond acceptors (Lipinski definition) is 1. The summed E-state index contributed by atoms with van der Waals surface area (Å²) in [6.45, 7) is 9.12. The molecule has 1 aliphatic rings. The van der Waals surface area contributed by atoms with E-state index in [0.717, 1.165) is 31.6 Å². The minimum absolute atomic E-state index is 0.325. The zero-order valence-electron chi connectivity index (χ0n) is 24.6. The Bertz CT molecular complexity index is 501. The average Bonchev–Trinajstić information content (AvgIpc) is 2.84. The number of rotatable bonds is 23. The van der Waals surface area contributed by atoms with E-state index < -0.39 is 11.4 Å². The first-order valence-electron chi connectivity index (χ1n) is 16.2. The highest BCUT2D eigenvalue weighted by Crippen LogP contribution is 2.50. The Hall–Kier alpha value is -0.530. The Labute approximate surface area is 220 Å². The molecule has 0 amide bonds. The van der Waals surface area contributed by atoms with Crippen molar-refractivity contribution in [1.82, 2.24) is 0 Å². The van der Waals surface area contributed by atoms with Gasteiger partial charge >= 0.3 is 5.97 Å². The van der Waals surface area contributed by atoms with Gasteiger partial charge in [-0.25, -0.2) is 0 Å². The fourth-order valence-electron chi connectivity index (χ4n) is 6.85. The van der Waals surface area contributed by atoms with Gasteiger partial charge < -0.3 is 5.11 Å². The van der Waals surface area contributed by atoms with Gasteiger partial charge in [0.25, 0.3) is 0 Å². The minimum Gasteiger partial charge on any atom is -0.481 e. The van der Waals surface area contributed by atoms with Gasteiger partial charge in [-0.15, -0.1) is 0 Å². The third-order valence-electron chi connectivity index (χ3n) is 9.36. The van der Waals surface area contributed by atoms with Crippen LogP contribution in [-0.4, -0.2) is 11.1 Å². The summed E-state index contributed by atoms with van der Waals surface area (Å²) in [5.74, 6) is 1.21. The molecule has 1 saturated carbocycles. The van der Waals surface area contributed by atoms with Gasteiger partial charge in [0.05, 0.1) is 5.41 Å². The summed E-state index contributed by atoms with van der Waals surface area (Å²) < 4.78 is 0. The van der Waals surface area contributed by atoms with Crippen LogP contribution in [0.5, 0.6) is 0 Å². The van der Waals surface area contributed by atoms with Crippen LogP contribution in [-0.2, 0) is 4.79 Å². The van der Waals surface area contributed by atoms with Crippen molar-refractivity contribution in [3.8, 4) is 0 Å². The monoisotopic (exact) mass is 492 g/mol. The molecule has 4 unspecified atom stereocenters. The molecule has 2 heteroatoms. The Morgan fingerprint density at radius 1 is 0.743 bits per heavy atom. The lowest BCUT2D eigenvalue weighted by atomic mass is 9.59. The van der Waals surface area contributed by atoms with E-state index in [4.69, 9.17) is 0 Å². The third-order valence-corrected chi connectivity index (χ3v) is 9.36. The lowest BCUT2D eigenvalue weighted by Crippen LogP contribution is -2.43. The maximum absolute atomic E-state index is 12.7. The van der Waals surface area contributed by atoms with Crippen LogP contribution in [0.1, 0.15) is 182 Å². The first kappa shape index (κ1) is 32.5. The molecule has 1 fully saturated rings. The average molecular weight is 493 g/mol. The second-order valence-electron chi connectivity index (χ2n) is 12.4. The van der Waals surface area contributed by atoms with Crippen molar-refractivity contribution in [1.29, 1.82) is 0 Å². The molecule has 208 valence electrons. The lowest BCUT2D eigenvalue weighted by molar-refractivity contribution is -0.157. The molecule has 0 aromatic carbocycles. The summed E-state index contributed by atoms with van der Waals surface area (Å²) >= 11 is 0. The summed E-state index contributed by atoms with van der Waals surface area (Å²) in [5, 5.41) is 10.5. The van der Waals surface area contributed by atoms with Crippen molar-refractivity contribution in [2.24, 2.45) is 23.2 Å². The van der Waals surface area contributed by atoms with Gasteiger partial charge in [-0.1, -0.05) is 156 Å². The highest BCUT2D eigenvalue weighted by atomic mass is 16.4. The van der Waals surface area contributed by atoms with Crippen LogP contribution in [0.2, 0.25) is 0 Å². The summed E-state index contributed by atoms with van der Waals surface area (Å²) in [5.41, 5.74) is -0.464. The SMILES string of the molecule is CCCCCCCCCCC(CCCCCCCC)CC1(C(=O)O)CCC(CCCCC)CC1C. The first-order valence-corrected chi connectivity index (χ1v) is 16.2. The van der Waals surface area contributed by atoms with E-state index in [0.29, 0.717) is 11.8 Å². The maximum atomic E-state index is 12.7. The number of hydrogen-bond donors (Lipinski definition) is 1. The molecule has 0 saturated heterocycles. The van der Waals surface area contributed by atoms with E-state index in [1.165, 1.54) is 128 Å². The Balaban J connectivity index is 2.62. The normalized spacial score (nSPS) is 23.4. The van der Waals surface area contributed by atoms with E-state index in [-0.39, 0.29) is 0 Å². The Kier molecular flexibility index (Phi) is 19.1. The van der Waals surface area contributed by atoms with Gasteiger partial charge in [-0.3, -0.25) is 4.79 Å². The van der Waals surface area contributed by atoms with Crippen LogP contribution >= 0.6 is 0 Å². The van der Waals surface area contributed by atoms with Gasteiger partial charge in [0.1, 0.15) is 0 Å². The molecule has 0 bridgehead atoms. The van der Waals surface area contributed by atoms with Gasteiger partial charge in [-0.2, -0.15) is 0 Å². The van der Waals surface area contributed by atoms with Crippen LogP contribution in [0.15, 0.2) is 0 Å². The van der Waals surface area contributed by atoms with Crippen LogP contribution < -0.4 is 0 Å². The van der Waals surface area contributed by atoms with Crippen molar-refractivity contribution < 1.29 is 9.90 Å². The number of aliphatic carboxylic acids is 1. The summed E-state index contributed by atoms with van der Waals surface area (Å²) in [4.78, 5) is 12.7. The molecule has 1 N–H and O–H groups in total. The number of carbonyl (C=O) groups is 1. The van der Waals surface area contributed by atoms with E-state index >= 15 is 0 Å². The molecule has 35 heavy (non-hydrogen) atoms. The highest BCUT2D eigenvalue weighted by Gasteiger charge is 2.47. The second kappa shape index (κ2) is 20.5. The summed E-state index contributed by atoms with van der Waals surface area (Å²) in [6.07, 6.45) is 30.8. The van der Waals surface area contributed by atoms with Crippen LogP contribution in [0.25, 0.3) is 0 Å². The van der Waals surface area contributed by atoms with Crippen molar-refractivity contribution >= 4 is 5.97 Å². The Morgan fingerprint density at radius 3 is 1.66 bits per heavy atom. The largest absolute Gasteiger partial charge is 0.481 e. The number of carboxylic acid groups (broad SMARTS) is 1. The molecule has 2 nitrogen and oxygen atoms in total. The van der Waals surface area contributed by atoms with E-state index in [1.807, 2.05) is 0 Å². The van der Waals surface area contributed by atoms with Crippen molar-refractivity contribution in [2.45, 2.75) is 182 Å². The molecular formula is C33H64O2. The quantitative estimate of drug-likeness (QED) is 0.144. The lowest BCUT2D eigenvalue weighted by Gasteiger charge is -2.44. The van der Waals surface area contributed by atoms with Gasteiger partial charge in [0, 0.05) is 0 Å². The third kappa shape index (κ3) is 13.5. The zero-order chi connectivity index (χ0) is 25.8. The standard InChI is InChI=1S/C33H64O2/c1-5-8-11-13-15-16-18-21-24-31(23-20-17-14-12-9-6-2)28-33(32(34)35)26-25-30(27-29(33)4)22-19-10-7-3/h29-31H,5-28H2,1-4H3,(H,34,35). The van der Waals surface area contributed by atoms with E-state index in [9.17, 15) is 9.90 Å². The van der Waals surface area contributed by atoms with Crippen LogP contribution in [0.4, 0.5) is 0 Å². The molecule has 0 heterocycles. The predicted molar refractivity (Wildman–Crippen MR) is 154 cm³/mol. The van der Waals surface area contributed by atoms with Gasteiger partial charge in [0.15, 0.2) is 0 Å². The van der Waals surface area contributed by atoms with Crippen molar-refractivity contribution in [3.05, 3.63) is 0 Å². The molecule has 0 spiro atoms. The molecular weight excluding hydrogens is 428 g/mol. The van der Waals surface area contributed by atoms with Crippen molar-refractivity contribution in [2.75, 3.05) is 0 Å². The fraction of sp³-hybridized carbons (Fsp3) is 0.970. The summed E-state index contributed by atoms with van der Waals surface area (Å²) in [6, 6.07) is 0. The topological polar surface area (TPSA) is 37.3 Å². The summed E-state index contributed by atoms with van der Waals surface area (Å²) in [7, 11) is 0. The molecule has 1 rings (SSSR count). The van der Waals surface area contributed by atoms with Crippen LogP contribution in [0, 0.1) is 23.2 Å². The van der Waals surface area contributed by atoms with Gasteiger partial charge in [0.2, 0.25) is 0 Å². The first-order chi connectivity index (χ1) is 17.0. The number of unbranched alkanes of at least 4 members (excludes halogenated alkanes) is 14. The Morgan fingerprint density at radius 2 is 1.20 bits per heavy atom. The second-order valence-corrected chi connectivity index (χ2v) is 12.4. The van der Waals surface area contributed by atoms with Gasteiger partial charge in [-0.05, 0) is 43.4 Å². The fourth-order valence-corrected chi connectivity index (χ4v) is 6.85. The van der Waals surface area contributed by atoms with Crippen LogP contribution in [0.3, 0.4) is 0 Å². The molecule has 0 aromatic rings. The molecule has 1 aliphatic carbocycles. The maximum Gasteiger partial charge on any atom is 0.309 e. The smallest absolute Gasteiger partial charge is 0.309 e. The minimum atomic E-state index is -0.485. The van der Waals surface area contributed by atoms with Crippen molar-refractivity contribution in [3.63, 3.8) is 0 Å². The predicted octanol–water partition coefficient (Wildman–Crippen LogP) is 11.4. The van der Waals surface area contributed by atoms with E-state index in [1.54, 1.807) is 0 Å². The molecule has 0 aliphatic heterocycles.